The summed E-state index contributed by atoms with van der Waals surface area (Å²) < 4.78 is 30.5. The number of aliphatic hydroxyl groups is 1. The van der Waals surface area contributed by atoms with Gasteiger partial charge in [-0.15, -0.1) is 0 Å². The van der Waals surface area contributed by atoms with Crippen molar-refractivity contribution in [3.05, 3.63) is 29.3 Å². The van der Waals surface area contributed by atoms with Crippen LogP contribution in [-0.2, 0) is 14.8 Å². The highest BCUT2D eigenvalue weighted by atomic mass is 35.5. The first kappa shape index (κ1) is 14.4. The van der Waals surface area contributed by atoms with Crippen molar-refractivity contribution < 1.29 is 18.3 Å². The zero-order valence-electron chi connectivity index (χ0n) is 9.26. The summed E-state index contributed by atoms with van der Waals surface area (Å²) in [5.74, 6) is 0. The summed E-state index contributed by atoms with van der Waals surface area (Å²) in [5.41, 5.74) is 0. The Hall–Kier alpha value is -0.660. The van der Waals surface area contributed by atoms with Crippen LogP contribution in [0, 0.1) is 0 Å². The molecule has 0 fully saturated rings. The predicted molar refractivity (Wildman–Crippen MR) is 64.5 cm³/mol. The van der Waals surface area contributed by atoms with Crippen LogP contribution in [0.1, 0.15) is 0 Å². The molecule has 1 rings (SSSR count). The maximum atomic E-state index is 11.8. The fourth-order valence-corrected chi connectivity index (χ4v) is 2.55. The van der Waals surface area contributed by atoms with Gasteiger partial charge in [-0.1, -0.05) is 17.7 Å². The van der Waals surface area contributed by atoms with Gasteiger partial charge in [0.1, 0.15) is 0 Å². The predicted octanol–water partition coefficient (Wildman–Crippen LogP) is 0.626. The van der Waals surface area contributed by atoms with Crippen LogP contribution in [0.15, 0.2) is 29.2 Å². The van der Waals surface area contributed by atoms with Crippen molar-refractivity contribution in [2.75, 3.05) is 20.3 Å². The van der Waals surface area contributed by atoms with Crippen LogP contribution in [0.2, 0.25) is 5.02 Å². The molecule has 96 valence electrons. The second-order valence-electron chi connectivity index (χ2n) is 3.42. The minimum atomic E-state index is -3.65. The molecule has 0 bridgehead atoms. The summed E-state index contributed by atoms with van der Waals surface area (Å²) in [5, 5.41) is 9.67. The Morgan fingerprint density at radius 3 is 2.82 bits per heavy atom. The maximum Gasteiger partial charge on any atom is 0.240 e. The first-order valence-corrected chi connectivity index (χ1v) is 6.74. The minimum Gasteiger partial charge on any atom is -0.389 e. The van der Waals surface area contributed by atoms with Crippen LogP contribution in [0.4, 0.5) is 0 Å². The highest BCUT2D eigenvalue weighted by Gasteiger charge is 2.15. The Kier molecular flexibility index (Phi) is 5.35. The molecule has 5 nitrogen and oxygen atoms in total. The van der Waals surface area contributed by atoms with Crippen molar-refractivity contribution >= 4 is 21.6 Å². The van der Waals surface area contributed by atoms with E-state index in [2.05, 4.69) is 9.46 Å². The molecule has 0 radical (unpaired) electrons. The lowest BCUT2D eigenvalue weighted by atomic mass is 10.4. The third-order valence-corrected chi connectivity index (χ3v) is 3.63. The van der Waals surface area contributed by atoms with Gasteiger partial charge in [-0.05, 0) is 18.2 Å². The summed E-state index contributed by atoms with van der Waals surface area (Å²) in [4.78, 5) is 0.0645. The molecule has 17 heavy (non-hydrogen) atoms. The second kappa shape index (κ2) is 6.32. The zero-order valence-corrected chi connectivity index (χ0v) is 10.8. The molecule has 0 aliphatic carbocycles. The third kappa shape index (κ3) is 4.61. The number of hydrogen-bond acceptors (Lipinski definition) is 4. The van der Waals surface area contributed by atoms with Crippen molar-refractivity contribution in [2.45, 2.75) is 11.0 Å². The number of benzene rings is 1. The van der Waals surface area contributed by atoms with Gasteiger partial charge >= 0.3 is 0 Å². The van der Waals surface area contributed by atoms with E-state index in [1.807, 2.05) is 0 Å². The van der Waals surface area contributed by atoms with E-state index in [9.17, 15) is 13.5 Å². The molecular formula is C10H14ClNO4S. The molecule has 0 aliphatic heterocycles. The van der Waals surface area contributed by atoms with Gasteiger partial charge in [-0.2, -0.15) is 0 Å². The van der Waals surface area contributed by atoms with Crippen LogP contribution in [0.5, 0.6) is 0 Å². The smallest absolute Gasteiger partial charge is 0.240 e. The van der Waals surface area contributed by atoms with Crippen molar-refractivity contribution in [2.24, 2.45) is 0 Å². The van der Waals surface area contributed by atoms with Gasteiger partial charge in [0.25, 0.3) is 0 Å². The SMILES string of the molecule is COCC(O)CNS(=O)(=O)c1cccc(Cl)c1. The average molecular weight is 280 g/mol. The van der Waals surface area contributed by atoms with Crippen LogP contribution < -0.4 is 4.72 Å². The number of sulfonamides is 1. The number of aliphatic hydroxyl groups excluding tert-OH is 1. The molecule has 1 atom stereocenters. The molecule has 0 saturated heterocycles. The van der Waals surface area contributed by atoms with E-state index in [4.69, 9.17) is 11.6 Å². The van der Waals surface area contributed by atoms with Gasteiger partial charge in [-0.3, -0.25) is 0 Å². The Bertz CT molecular complexity index is 463. The van der Waals surface area contributed by atoms with E-state index in [-0.39, 0.29) is 18.0 Å². The van der Waals surface area contributed by atoms with Crippen LogP contribution in [0.3, 0.4) is 0 Å². The third-order valence-electron chi connectivity index (χ3n) is 1.97. The molecule has 1 unspecified atom stereocenters. The van der Waals surface area contributed by atoms with Crippen molar-refractivity contribution in [3.8, 4) is 0 Å². The molecule has 2 N–H and O–H groups in total. The van der Waals surface area contributed by atoms with Crippen LogP contribution in [-0.4, -0.2) is 39.9 Å². The monoisotopic (exact) mass is 279 g/mol. The van der Waals surface area contributed by atoms with E-state index < -0.39 is 16.1 Å². The minimum absolute atomic E-state index is 0.0645. The molecule has 0 aromatic heterocycles. The lowest BCUT2D eigenvalue weighted by Crippen LogP contribution is -2.34. The molecule has 0 heterocycles. The Morgan fingerprint density at radius 1 is 1.53 bits per heavy atom. The molecular weight excluding hydrogens is 266 g/mol. The number of ether oxygens (including phenoxy) is 1. The quantitative estimate of drug-likeness (QED) is 0.801. The fourth-order valence-electron chi connectivity index (χ4n) is 1.17. The van der Waals surface area contributed by atoms with E-state index in [1.165, 1.54) is 19.2 Å². The highest BCUT2D eigenvalue weighted by molar-refractivity contribution is 7.89. The molecule has 0 aliphatic rings. The van der Waals surface area contributed by atoms with Gasteiger partial charge in [0.2, 0.25) is 10.0 Å². The van der Waals surface area contributed by atoms with Crippen LogP contribution in [0.25, 0.3) is 0 Å². The zero-order chi connectivity index (χ0) is 12.9. The summed E-state index contributed by atoms with van der Waals surface area (Å²) in [7, 11) is -2.22. The lowest BCUT2D eigenvalue weighted by molar-refractivity contribution is 0.0679. The van der Waals surface area contributed by atoms with Gasteiger partial charge < -0.3 is 9.84 Å². The Balaban J connectivity index is 2.69. The number of hydrogen-bond donors (Lipinski definition) is 2. The van der Waals surface area contributed by atoms with Crippen molar-refractivity contribution in [3.63, 3.8) is 0 Å². The average Bonchev–Trinajstić information content (AvgIpc) is 2.27. The highest BCUT2D eigenvalue weighted by Crippen LogP contribution is 2.14. The summed E-state index contributed by atoms with van der Waals surface area (Å²) >= 11 is 5.70. The number of methoxy groups -OCH3 is 1. The summed E-state index contributed by atoms with van der Waals surface area (Å²) in [6, 6.07) is 5.90. The van der Waals surface area contributed by atoms with E-state index >= 15 is 0 Å². The normalized spacial score (nSPS) is 13.6. The molecule has 0 amide bonds. The summed E-state index contributed by atoms with van der Waals surface area (Å²) in [6.45, 7) is -0.0409. The van der Waals surface area contributed by atoms with Crippen molar-refractivity contribution in [1.29, 1.82) is 0 Å². The standard InChI is InChI=1S/C10H14ClNO4S/c1-16-7-9(13)6-12-17(14,15)10-4-2-3-8(11)5-10/h2-5,9,12-13H,6-7H2,1H3. The molecule has 1 aromatic rings. The number of halogens is 1. The second-order valence-corrected chi connectivity index (χ2v) is 5.62. The fraction of sp³-hybridized carbons (Fsp3) is 0.400. The Morgan fingerprint density at radius 2 is 2.24 bits per heavy atom. The molecule has 7 heteroatoms. The maximum absolute atomic E-state index is 11.8. The van der Waals surface area contributed by atoms with Crippen molar-refractivity contribution in [1.82, 2.24) is 4.72 Å². The van der Waals surface area contributed by atoms with E-state index in [0.29, 0.717) is 5.02 Å². The molecule has 0 saturated carbocycles. The number of nitrogens with one attached hydrogen (secondary N) is 1. The summed E-state index contributed by atoms with van der Waals surface area (Å²) in [6.07, 6.45) is -0.881. The lowest BCUT2D eigenvalue weighted by Gasteiger charge is -2.11. The molecule has 0 spiro atoms. The van der Waals surface area contributed by atoms with Gasteiger partial charge in [0.05, 0.1) is 17.6 Å². The first-order valence-electron chi connectivity index (χ1n) is 4.88. The van der Waals surface area contributed by atoms with E-state index in [1.54, 1.807) is 12.1 Å². The Labute approximate surface area is 105 Å². The van der Waals surface area contributed by atoms with E-state index in [0.717, 1.165) is 0 Å². The number of rotatable bonds is 6. The topological polar surface area (TPSA) is 75.6 Å². The van der Waals surface area contributed by atoms with Crippen LogP contribution >= 0.6 is 11.6 Å². The first-order chi connectivity index (χ1) is 7.95. The van der Waals surface area contributed by atoms with Gasteiger partial charge in [0.15, 0.2) is 0 Å². The van der Waals surface area contributed by atoms with Gasteiger partial charge in [0, 0.05) is 18.7 Å². The largest absolute Gasteiger partial charge is 0.389 e. The molecule has 1 aromatic carbocycles. The van der Waals surface area contributed by atoms with Gasteiger partial charge in [-0.25, -0.2) is 13.1 Å².